The summed E-state index contributed by atoms with van der Waals surface area (Å²) in [5.74, 6) is 1.97. The van der Waals surface area contributed by atoms with Crippen LogP contribution in [0.5, 0.6) is 0 Å². The maximum Gasteiger partial charge on any atom is 0.0133 e. The molecule has 0 aromatic heterocycles. The standard InChI is InChI=1S/C12H25S/c1-2-3-4-5-6-7-8-9-10-11-12-13/h12-13H,2-11H2,1H3. The highest BCUT2D eigenvalue weighted by atomic mass is 32.1. The van der Waals surface area contributed by atoms with Crippen molar-refractivity contribution in [2.45, 2.75) is 71.1 Å². The lowest BCUT2D eigenvalue weighted by molar-refractivity contribution is 0.566. The fourth-order valence-electron chi connectivity index (χ4n) is 1.55. The van der Waals surface area contributed by atoms with Gasteiger partial charge in [0.15, 0.2) is 0 Å². The summed E-state index contributed by atoms with van der Waals surface area (Å²) in [5.41, 5.74) is 0. The van der Waals surface area contributed by atoms with Gasteiger partial charge in [-0.25, -0.2) is 0 Å². The van der Waals surface area contributed by atoms with Crippen LogP contribution < -0.4 is 0 Å². The molecule has 0 aromatic rings. The first kappa shape index (κ1) is 13.4. The van der Waals surface area contributed by atoms with Gasteiger partial charge in [0.2, 0.25) is 0 Å². The predicted molar refractivity (Wildman–Crippen MR) is 65.1 cm³/mol. The Morgan fingerprint density at radius 3 is 1.69 bits per heavy atom. The summed E-state index contributed by atoms with van der Waals surface area (Å²) in [6, 6.07) is 0. The van der Waals surface area contributed by atoms with Crippen LogP contribution in [0.15, 0.2) is 0 Å². The van der Waals surface area contributed by atoms with Crippen molar-refractivity contribution in [1.82, 2.24) is 0 Å². The second-order valence-electron chi connectivity index (χ2n) is 3.80. The third-order valence-corrected chi connectivity index (χ3v) is 2.69. The van der Waals surface area contributed by atoms with E-state index in [1.54, 1.807) is 0 Å². The molecule has 0 aliphatic carbocycles. The molecule has 0 aromatic carbocycles. The summed E-state index contributed by atoms with van der Waals surface area (Å²) >= 11 is 4.08. The average Bonchev–Trinajstić information content (AvgIpc) is 2.16. The van der Waals surface area contributed by atoms with Gasteiger partial charge in [0.1, 0.15) is 0 Å². The minimum atomic E-state index is 1.18. The molecule has 0 spiro atoms. The van der Waals surface area contributed by atoms with Crippen LogP contribution in [-0.2, 0) is 0 Å². The number of unbranched alkanes of at least 4 members (excludes halogenated alkanes) is 9. The molecule has 0 amide bonds. The molecule has 0 saturated carbocycles. The maximum atomic E-state index is 4.08. The van der Waals surface area contributed by atoms with E-state index in [0.717, 1.165) is 0 Å². The highest BCUT2D eigenvalue weighted by Crippen LogP contribution is 2.11. The van der Waals surface area contributed by atoms with Crippen molar-refractivity contribution in [3.8, 4) is 0 Å². The third kappa shape index (κ3) is 12.4. The van der Waals surface area contributed by atoms with Gasteiger partial charge in [0, 0.05) is 5.75 Å². The summed E-state index contributed by atoms with van der Waals surface area (Å²) in [5, 5.41) is 0. The lowest BCUT2D eigenvalue weighted by Crippen LogP contribution is -1.80. The molecule has 13 heavy (non-hydrogen) atoms. The Kier molecular flexibility index (Phi) is 12.7. The van der Waals surface area contributed by atoms with E-state index >= 15 is 0 Å². The van der Waals surface area contributed by atoms with Gasteiger partial charge in [0.25, 0.3) is 0 Å². The molecule has 1 radical (unpaired) electrons. The van der Waals surface area contributed by atoms with Crippen molar-refractivity contribution in [2.24, 2.45) is 0 Å². The number of thiol groups is 1. The molecule has 0 bridgehead atoms. The lowest BCUT2D eigenvalue weighted by atomic mass is 10.1. The van der Waals surface area contributed by atoms with Crippen LogP contribution in [-0.4, -0.2) is 0 Å². The Bertz CT molecular complexity index is 71.2. The molecule has 0 N–H and O–H groups in total. The molecule has 0 fully saturated rings. The highest BCUT2D eigenvalue weighted by Gasteiger charge is 1.91. The minimum absolute atomic E-state index is 1.18. The third-order valence-electron chi connectivity index (χ3n) is 2.44. The van der Waals surface area contributed by atoms with E-state index < -0.39 is 0 Å². The molecule has 0 rings (SSSR count). The molecule has 0 aliphatic heterocycles. The highest BCUT2D eigenvalue weighted by molar-refractivity contribution is 7.82. The second-order valence-corrected chi connectivity index (χ2v) is 4.16. The van der Waals surface area contributed by atoms with Crippen LogP contribution in [0.25, 0.3) is 0 Å². The first-order valence-electron chi connectivity index (χ1n) is 5.87. The minimum Gasteiger partial charge on any atom is -0.175 e. The van der Waals surface area contributed by atoms with Gasteiger partial charge in [0.05, 0.1) is 0 Å². The summed E-state index contributed by atoms with van der Waals surface area (Å²) in [4.78, 5) is 0. The zero-order chi connectivity index (χ0) is 9.78. The summed E-state index contributed by atoms with van der Waals surface area (Å²) < 4.78 is 0. The van der Waals surface area contributed by atoms with E-state index in [1.807, 2.05) is 5.75 Å². The number of hydrogen-bond donors (Lipinski definition) is 1. The van der Waals surface area contributed by atoms with E-state index in [9.17, 15) is 0 Å². The SMILES string of the molecule is CCCCCCCCCCC[CH]S. The topological polar surface area (TPSA) is 0 Å². The van der Waals surface area contributed by atoms with Gasteiger partial charge in [-0.15, -0.1) is 0 Å². The molecule has 79 valence electrons. The van der Waals surface area contributed by atoms with Crippen LogP contribution in [0, 0.1) is 5.75 Å². The summed E-state index contributed by atoms with van der Waals surface area (Å²) in [6.07, 6.45) is 13.9. The van der Waals surface area contributed by atoms with Crippen LogP contribution >= 0.6 is 12.6 Å². The van der Waals surface area contributed by atoms with Crippen LogP contribution in [0.2, 0.25) is 0 Å². The van der Waals surface area contributed by atoms with Crippen molar-refractivity contribution in [3.63, 3.8) is 0 Å². The Morgan fingerprint density at radius 2 is 1.23 bits per heavy atom. The summed E-state index contributed by atoms with van der Waals surface area (Å²) in [7, 11) is 0. The van der Waals surface area contributed by atoms with Crippen molar-refractivity contribution < 1.29 is 0 Å². The normalized spacial score (nSPS) is 10.6. The van der Waals surface area contributed by atoms with E-state index in [0.29, 0.717) is 0 Å². The molecule has 0 unspecified atom stereocenters. The van der Waals surface area contributed by atoms with Crippen LogP contribution in [0.4, 0.5) is 0 Å². The molecule has 0 heterocycles. The Hall–Kier alpha value is 0.350. The van der Waals surface area contributed by atoms with E-state index in [2.05, 4.69) is 19.6 Å². The molecule has 0 atom stereocenters. The molecule has 0 nitrogen and oxygen atoms in total. The lowest BCUT2D eigenvalue weighted by Gasteiger charge is -2.00. The first-order chi connectivity index (χ1) is 6.41. The zero-order valence-corrected chi connectivity index (χ0v) is 9.99. The Labute approximate surface area is 89.9 Å². The number of hydrogen-bond acceptors (Lipinski definition) is 1. The summed E-state index contributed by atoms with van der Waals surface area (Å²) in [6.45, 7) is 2.27. The van der Waals surface area contributed by atoms with Crippen molar-refractivity contribution in [3.05, 3.63) is 5.75 Å². The fraction of sp³-hybridized carbons (Fsp3) is 0.917. The number of rotatable bonds is 10. The van der Waals surface area contributed by atoms with Crippen molar-refractivity contribution in [1.29, 1.82) is 0 Å². The van der Waals surface area contributed by atoms with Gasteiger partial charge >= 0.3 is 0 Å². The Balaban J connectivity index is 2.76. The van der Waals surface area contributed by atoms with Gasteiger partial charge in [-0.3, -0.25) is 0 Å². The molecular formula is C12H25S. The van der Waals surface area contributed by atoms with Gasteiger partial charge in [-0.1, -0.05) is 64.7 Å². The zero-order valence-electron chi connectivity index (χ0n) is 9.10. The van der Waals surface area contributed by atoms with E-state index in [-0.39, 0.29) is 0 Å². The molecular weight excluding hydrogens is 176 g/mol. The van der Waals surface area contributed by atoms with Gasteiger partial charge in [-0.2, -0.15) is 12.6 Å². The quantitative estimate of drug-likeness (QED) is 0.373. The predicted octanol–water partition coefficient (Wildman–Crippen LogP) is 5.00. The van der Waals surface area contributed by atoms with Gasteiger partial charge in [-0.05, 0) is 6.42 Å². The van der Waals surface area contributed by atoms with Crippen LogP contribution in [0.1, 0.15) is 71.1 Å². The average molecular weight is 201 g/mol. The maximum absolute atomic E-state index is 4.08. The van der Waals surface area contributed by atoms with E-state index in [4.69, 9.17) is 0 Å². The molecule has 0 aliphatic rings. The molecule has 1 heteroatoms. The van der Waals surface area contributed by atoms with Crippen molar-refractivity contribution in [2.75, 3.05) is 0 Å². The second kappa shape index (κ2) is 12.3. The smallest absolute Gasteiger partial charge is 0.0133 e. The largest absolute Gasteiger partial charge is 0.175 e. The van der Waals surface area contributed by atoms with Crippen LogP contribution in [0.3, 0.4) is 0 Å². The van der Waals surface area contributed by atoms with Gasteiger partial charge < -0.3 is 0 Å². The van der Waals surface area contributed by atoms with Crippen molar-refractivity contribution >= 4 is 12.6 Å². The molecule has 0 saturated heterocycles. The monoisotopic (exact) mass is 201 g/mol. The fourth-order valence-corrected chi connectivity index (χ4v) is 1.73. The van der Waals surface area contributed by atoms with E-state index in [1.165, 1.54) is 64.2 Å². The Morgan fingerprint density at radius 1 is 0.769 bits per heavy atom. The first-order valence-corrected chi connectivity index (χ1v) is 6.39.